The van der Waals surface area contributed by atoms with Gasteiger partial charge >= 0.3 is 6.18 Å². The summed E-state index contributed by atoms with van der Waals surface area (Å²) in [4.78, 5) is 59.2. The molecule has 2 aromatic carbocycles. The van der Waals surface area contributed by atoms with Crippen LogP contribution < -0.4 is 5.43 Å². The van der Waals surface area contributed by atoms with Crippen LogP contribution in [0.1, 0.15) is 35.4 Å². The van der Waals surface area contributed by atoms with Crippen LogP contribution in [-0.4, -0.2) is 49.0 Å². The van der Waals surface area contributed by atoms with Crippen molar-refractivity contribution in [2.45, 2.75) is 30.4 Å². The molecule has 2 aliphatic heterocycles. The number of rotatable bonds is 4. The second kappa shape index (κ2) is 10.8. The molecule has 0 radical (unpaired) electrons. The van der Waals surface area contributed by atoms with Gasteiger partial charge in [0.25, 0.3) is 23.6 Å². The minimum absolute atomic E-state index is 0.0543. The lowest BCUT2D eigenvalue weighted by Crippen LogP contribution is -2.53. The van der Waals surface area contributed by atoms with Crippen LogP contribution in [0.3, 0.4) is 0 Å². The molecule has 4 aliphatic rings. The minimum atomic E-state index is -4.75. The van der Waals surface area contributed by atoms with E-state index in [2.05, 4.69) is 10.4 Å². The van der Waals surface area contributed by atoms with Crippen LogP contribution in [0.4, 0.5) is 19.0 Å². The number of allylic oxidation sites excluding steroid dienone is 2. The number of carbonyl (C=O) groups excluding carboxylic acids is 4. The maximum absolute atomic E-state index is 14.9. The van der Waals surface area contributed by atoms with Gasteiger partial charge in [0, 0.05) is 22.7 Å². The summed E-state index contributed by atoms with van der Waals surface area (Å²) in [6.45, 7) is 0. The standard InChI is InChI=1S/C32H23Cl2F3N4O6/c33-16-7-5-14(6-8-16)31-21(28(44)40(30(31)46)39-26-22(34)11-15(13-38-26)32(35,36)37)12-20-17(25(31)18-3-1-2-4-23(18)42)9-10-19-24(20)29(45)41(47)27(19)43/h1-9,11,13,19-21,24-25,42,47H,10,12H2,(H,38,39). The van der Waals surface area contributed by atoms with Gasteiger partial charge in [0.1, 0.15) is 5.75 Å². The largest absolute Gasteiger partial charge is 0.508 e. The van der Waals surface area contributed by atoms with E-state index in [0.717, 1.165) is 0 Å². The van der Waals surface area contributed by atoms with Crippen LogP contribution in [0.25, 0.3) is 0 Å². The molecule has 6 atom stereocenters. The van der Waals surface area contributed by atoms with E-state index in [9.17, 15) is 42.7 Å². The number of aromatic hydroxyl groups is 1. The number of phenols is 1. The third-order valence-corrected chi connectivity index (χ3v) is 10.3. The molecule has 3 aromatic rings. The lowest BCUT2D eigenvalue weighted by atomic mass is 9.49. The number of carbonyl (C=O) groups is 4. The van der Waals surface area contributed by atoms with E-state index in [1.54, 1.807) is 36.4 Å². The Hall–Kier alpha value is -4.46. The lowest BCUT2D eigenvalue weighted by molar-refractivity contribution is -0.173. The maximum atomic E-state index is 14.9. The molecule has 3 heterocycles. The smallest absolute Gasteiger partial charge is 0.417 e. The number of amides is 4. The number of aromatic nitrogens is 1. The highest BCUT2D eigenvalue weighted by Crippen LogP contribution is 2.64. The fourth-order valence-corrected chi connectivity index (χ4v) is 8.18. The predicted octanol–water partition coefficient (Wildman–Crippen LogP) is 5.49. The number of benzene rings is 2. The second-order valence-electron chi connectivity index (χ2n) is 12.0. The zero-order valence-electron chi connectivity index (χ0n) is 23.9. The van der Waals surface area contributed by atoms with E-state index in [4.69, 9.17) is 23.2 Å². The Labute approximate surface area is 274 Å². The van der Waals surface area contributed by atoms with E-state index >= 15 is 0 Å². The number of para-hydroxylation sites is 1. The molecule has 10 nitrogen and oxygen atoms in total. The number of alkyl halides is 3. The van der Waals surface area contributed by atoms with Gasteiger partial charge in [-0.1, -0.05) is 65.2 Å². The van der Waals surface area contributed by atoms with Crippen molar-refractivity contribution in [2.75, 3.05) is 5.43 Å². The molecule has 6 unspecified atom stereocenters. The number of nitrogens with zero attached hydrogens (tertiary/aromatic N) is 3. The van der Waals surface area contributed by atoms with Gasteiger partial charge in [-0.15, -0.1) is 0 Å². The predicted molar refractivity (Wildman–Crippen MR) is 159 cm³/mol. The van der Waals surface area contributed by atoms with Gasteiger partial charge in [0.05, 0.1) is 33.8 Å². The molecule has 0 bridgehead atoms. The highest BCUT2D eigenvalue weighted by molar-refractivity contribution is 6.33. The zero-order valence-corrected chi connectivity index (χ0v) is 25.4. The van der Waals surface area contributed by atoms with E-state index < -0.39 is 81.2 Å². The number of nitrogens with one attached hydrogen (secondary N) is 1. The molecule has 1 saturated carbocycles. The van der Waals surface area contributed by atoms with Gasteiger partial charge in [-0.05, 0) is 48.6 Å². The number of hydrogen-bond donors (Lipinski definition) is 3. The Morgan fingerprint density at radius 1 is 0.957 bits per heavy atom. The summed E-state index contributed by atoms with van der Waals surface area (Å²) in [6, 6.07) is 13.0. The summed E-state index contributed by atoms with van der Waals surface area (Å²) < 4.78 is 39.9. The molecule has 3 fully saturated rings. The summed E-state index contributed by atoms with van der Waals surface area (Å²) in [7, 11) is 0. The first-order chi connectivity index (χ1) is 22.3. The van der Waals surface area contributed by atoms with Crippen LogP contribution in [-0.2, 0) is 30.8 Å². The molecular weight excluding hydrogens is 664 g/mol. The Balaban J connectivity index is 1.44. The van der Waals surface area contributed by atoms with Crippen molar-refractivity contribution in [3.8, 4) is 5.75 Å². The Morgan fingerprint density at radius 2 is 1.66 bits per heavy atom. The van der Waals surface area contributed by atoms with Gasteiger partial charge in [0.15, 0.2) is 5.82 Å². The van der Waals surface area contributed by atoms with Crippen LogP contribution in [0.5, 0.6) is 5.75 Å². The Kier molecular flexibility index (Phi) is 7.15. The summed E-state index contributed by atoms with van der Waals surface area (Å²) in [5.41, 5.74) is 0.722. The summed E-state index contributed by atoms with van der Waals surface area (Å²) in [5, 5.41) is 22.1. The fourth-order valence-electron chi connectivity index (χ4n) is 7.84. The van der Waals surface area contributed by atoms with E-state index in [-0.39, 0.29) is 29.2 Å². The third kappa shape index (κ3) is 4.47. The van der Waals surface area contributed by atoms with Crippen molar-refractivity contribution in [1.29, 1.82) is 0 Å². The molecular formula is C32H23Cl2F3N4O6. The van der Waals surface area contributed by atoms with Gasteiger partial charge in [-0.3, -0.25) is 29.8 Å². The van der Waals surface area contributed by atoms with Crippen molar-refractivity contribution >= 4 is 52.6 Å². The summed E-state index contributed by atoms with van der Waals surface area (Å²) in [5.74, 6) is -8.89. The van der Waals surface area contributed by atoms with E-state index in [0.29, 0.717) is 33.4 Å². The normalized spacial score (nSPS) is 28.6. The average molecular weight is 687 g/mol. The third-order valence-electron chi connectivity index (χ3n) is 9.78. The summed E-state index contributed by atoms with van der Waals surface area (Å²) in [6.07, 6.45) is -2.58. The molecule has 242 valence electrons. The quantitative estimate of drug-likeness (QED) is 0.186. The highest BCUT2D eigenvalue weighted by Gasteiger charge is 2.70. The van der Waals surface area contributed by atoms with Crippen LogP contribution in [0, 0.1) is 23.7 Å². The number of fused-ring (bicyclic) bond motifs is 4. The molecule has 2 saturated heterocycles. The average Bonchev–Trinajstić information content (AvgIpc) is 3.38. The van der Waals surface area contributed by atoms with Gasteiger partial charge in [-0.2, -0.15) is 23.2 Å². The monoisotopic (exact) mass is 686 g/mol. The van der Waals surface area contributed by atoms with Crippen LogP contribution >= 0.6 is 23.2 Å². The molecule has 7 rings (SSSR count). The number of anilines is 1. The van der Waals surface area contributed by atoms with Crippen molar-refractivity contribution in [3.63, 3.8) is 0 Å². The Bertz CT molecular complexity index is 1900. The SMILES string of the molecule is O=C1C2CC=C3C(CC4C(=O)N(Nc5ncc(C(F)(F)F)cc5Cl)C(=O)C4(c4ccc(Cl)cc4)C3c3ccccc3O)C2C(=O)N1O. The number of phenolic OH excluding ortho intramolecular Hbond substituents is 1. The van der Waals surface area contributed by atoms with Crippen molar-refractivity contribution in [3.05, 3.63) is 99.2 Å². The van der Waals surface area contributed by atoms with Gasteiger partial charge < -0.3 is 5.11 Å². The minimum Gasteiger partial charge on any atom is -0.508 e. The first kappa shape index (κ1) is 31.2. The van der Waals surface area contributed by atoms with E-state index in [1.165, 1.54) is 18.2 Å². The number of pyridine rings is 1. The van der Waals surface area contributed by atoms with Gasteiger partial charge in [0.2, 0.25) is 0 Å². The second-order valence-corrected chi connectivity index (χ2v) is 12.8. The van der Waals surface area contributed by atoms with Crippen molar-refractivity contribution < 1.29 is 42.7 Å². The Morgan fingerprint density at radius 3 is 2.32 bits per heavy atom. The zero-order chi connectivity index (χ0) is 33.6. The number of hydroxylamine groups is 2. The molecule has 3 N–H and O–H groups in total. The fraction of sp³-hybridized carbons (Fsp3) is 0.281. The number of imide groups is 2. The molecule has 15 heteroatoms. The number of hydrogen-bond acceptors (Lipinski definition) is 8. The lowest BCUT2D eigenvalue weighted by Gasteiger charge is -2.50. The number of hydrazine groups is 1. The first-order valence-electron chi connectivity index (χ1n) is 14.4. The number of halogens is 5. The topological polar surface area (TPSA) is 140 Å². The van der Waals surface area contributed by atoms with Crippen LogP contribution in [0.2, 0.25) is 10.0 Å². The van der Waals surface area contributed by atoms with E-state index in [1.807, 2.05) is 0 Å². The van der Waals surface area contributed by atoms with Gasteiger partial charge in [-0.25, -0.2) is 4.98 Å². The molecule has 0 spiro atoms. The molecule has 47 heavy (non-hydrogen) atoms. The maximum Gasteiger partial charge on any atom is 0.417 e. The highest BCUT2D eigenvalue weighted by atomic mass is 35.5. The molecule has 4 amide bonds. The molecule has 1 aromatic heterocycles. The van der Waals surface area contributed by atoms with Crippen molar-refractivity contribution in [2.24, 2.45) is 23.7 Å². The van der Waals surface area contributed by atoms with Crippen LogP contribution in [0.15, 0.2) is 72.4 Å². The first-order valence-corrected chi connectivity index (χ1v) is 15.2. The molecule has 2 aliphatic carbocycles. The van der Waals surface area contributed by atoms with Crippen molar-refractivity contribution in [1.82, 2.24) is 15.1 Å². The summed E-state index contributed by atoms with van der Waals surface area (Å²) >= 11 is 12.4.